The van der Waals surface area contributed by atoms with E-state index < -0.39 is 11.7 Å². The summed E-state index contributed by atoms with van der Waals surface area (Å²) in [5.41, 5.74) is 7.41. The number of rotatable bonds is 7. The molecule has 0 bridgehead atoms. The van der Waals surface area contributed by atoms with Gasteiger partial charge in [-0.15, -0.1) is 0 Å². The van der Waals surface area contributed by atoms with E-state index in [4.69, 9.17) is 5.73 Å². The third-order valence-corrected chi connectivity index (χ3v) is 4.36. The van der Waals surface area contributed by atoms with E-state index >= 15 is 0 Å². The lowest BCUT2D eigenvalue weighted by Gasteiger charge is -2.15. The number of anilines is 1. The van der Waals surface area contributed by atoms with Gasteiger partial charge >= 0.3 is 6.18 Å². The molecule has 0 saturated heterocycles. The van der Waals surface area contributed by atoms with Crippen LogP contribution in [0.4, 0.5) is 18.9 Å². The smallest absolute Gasteiger partial charge is 0.399 e. The maximum absolute atomic E-state index is 12.8. The van der Waals surface area contributed by atoms with Gasteiger partial charge in [-0.2, -0.15) is 13.2 Å². The molecule has 2 rings (SSSR count). The Bertz CT molecular complexity index is 744. The lowest BCUT2D eigenvalue weighted by Crippen LogP contribution is -2.25. The molecule has 0 aliphatic carbocycles. The molecule has 0 fully saturated rings. The maximum Gasteiger partial charge on any atom is 0.416 e. The van der Waals surface area contributed by atoms with Crippen LogP contribution in [0.15, 0.2) is 48.5 Å². The molecule has 0 radical (unpaired) electrons. The Morgan fingerprint density at radius 2 is 1.88 bits per heavy atom. The monoisotopic (exact) mass is 364 g/mol. The summed E-state index contributed by atoms with van der Waals surface area (Å²) in [6.45, 7) is 2.27. The summed E-state index contributed by atoms with van der Waals surface area (Å²) in [6, 6.07) is 12.7. The van der Waals surface area contributed by atoms with Crippen LogP contribution in [0.5, 0.6) is 0 Å². The Morgan fingerprint density at radius 3 is 2.58 bits per heavy atom. The van der Waals surface area contributed by atoms with Crippen LogP contribution in [0, 0.1) is 0 Å². The lowest BCUT2D eigenvalue weighted by molar-refractivity contribution is -0.137. The molecule has 0 aliphatic heterocycles. The third-order valence-electron chi connectivity index (χ3n) is 4.36. The summed E-state index contributed by atoms with van der Waals surface area (Å²) < 4.78 is 38.3. The third kappa shape index (κ3) is 5.79. The minimum atomic E-state index is -4.34. The Kier molecular flexibility index (Phi) is 6.66. The minimum absolute atomic E-state index is 0.0811. The molecule has 0 heterocycles. The zero-order valence-corrected chi connectivity index (χ0v) is 14.6. The molecule has 0 aliphatic rings. The average molecular weight is 364 g/mol. The van der Waals surface area contributed by atoms with Gasteiger partial charge in [0.15, 0.2) is 0 Å². The number of alkyl halides is 3. The predicted octanol–water partition coefficient (Wildman–Crippen LogP) is 4.53. The van der Waals surface area contributed by atoms with Gasteiger partial charge in [-0.25, -0.2) is 0 Å². The standard InChI is InChI=1S/C20H23F3N2O/c1-14(16-6-4-7-17(13-16)20(21,22)23)11-12-25-19(26)10-9-15-5-2-3-8-18(15)24/h2-8,13-14H,9-12,24H2,1H3,(H,25,26). The summed E-state index contributed by atoms with van der Waals surface area (Å²) in [6.07, 6.45) is -2.89. The zero-order chi connectivity index (χ0) is 19.2. The van der Waals surface area contributed by atoms with Gasteiger partial charge in [0.1, 0.15) is 0 Å². The number of carbonyl (C=O) groups excluding carboxylic acids is 1. The fourth-order valence-electron chi connectivity index (χ4n) is 2.71. The van der Waals surface area contributed by atoms with E-state index in [9.17, 15) is 18.0 Å². The number of amides is 1. The molecule has 26 heavy (non-hydrogen) atoms. The molecule has 1 amide bonds. The minimum Gasteiger partial charge on any atom is -0.399 e. The molecule has 6 heteroatoms. The molecule has 0 saturated carbocycles. The van der Waals surface area contributed by atoms with Crippen molar-refractivity contribution in [2.24, 2.45) is 0 Å². The van der Waals surface area contributed by atoms with Crippen LogP contribution < -0.4 is 11.1 Å². The molecule has 2 aromatic carbocycles. The van der Waals surface area contributed by atoms with Crippen LogP contribution in [0.1, 0.15) is 42.4 Å². The van der Waals surface area contributed by atoms with E-state index in [0.29, 0.717) is 37.1 Å². The molecule has 2 aromatic rings. The van der Waals surface area contributed by atoms with E-state index in [-0.39, 0.29) is 11.8 Å². The highest BCUT2D eigenvalue weighted by Crippen LogP contribution is 2.31. The first-order valence-electron chi connectivity index (χ1n) is 8.54. The number of nitrogens with one attached hydrogen (secondary N) is 1. The number of benzene rings is 2. The first-order chi connectivity index (χ1) is 12.3. The van der Waals surface area contributed by atoms with Crippen molar-refractivity contribution >= 4 is 11.6 Å². The summed E-state index contributed by atoms with van der Waals surface area (Å²) in [5.74, 6) is -0.174. The number of carbonyl (C=O) groups is 1. The SMILES string of the molecule is CC(CCNC(=O)CCc1ccccc1N)c1cccc(C(F)(F)F)c1. The molecule has 0 spiro atoms. The Morgan fingerprint density at radius 1 is 1.15 bits per heavy atom. The highest BCUT2D eigenvalue weighted by molar-refractivity contribution is 5.76. The number of halogens is 3. The van der Waals surface area contributed by atoms with Gasteiger partial charge < -0.3 is 11.1 Å². The Hall–Kier alpha value is -2.50. The number of hydrogen-bond donors (Lipinski definition) is 2. The number of nitrogen functional groups attached to an aromatic ring is 1. The summed E-state index contributed by atoms with van der Waals surface area (Å²) in [4.78, 5) is 11.9. The first kappa shape index (κ1) is 19.8. The van der Waals surface area contributed by atoms with Crippen LogP contribution >= 0.6 is 0 Å². The van der Waals surface area contributed by atoms with E-state index in [2.05, 4.69) is 5.32 Å². The van der Waals surface area contributed by atoms with Crippen LogP contribution in [0.2, 0.25) is 0 Å². The second kappa shape index (κ2) is 8.74. The van der Waals surface area contributed by atoms with Gasteiger partial charge in [-0.1, -0.05) is 43.3 Å². The lowest BCUT2D eigenvalue weighted by atomic mass is 9.96. The molecular formula is C20H23F3N2O. The first-order valence-corrected chi connectivity index (χ1v) is 8.54. The largest absolute Gasteiger partial charge is 0.416 e. The van der Waals surface area contributed by atoms with Gasteiger partial charge in [0, 0.05) is 18.7 Å². The normalized spacial score (nSPS) is 12.6. The second-order valence-electron chi connectivity index (χ2n) is 6.36. The second-order valence-corrected chi connectivity index (χ2v) is 6.36. The molecule has 3 nitrogen and oxygen atoms in total. The molecule has 140 valence electrons. The average Bonchev–Trinajstić information content (AvgIpc) is 2.60. The molecular weight excluding hydrogens is 341 g/mol. The van der Waals surface area contributed by atoms with Crippen molar-refractivity contribution in [3.8, 4) is 0 Å². The van der Waals surface area contributed by atoms with Crippen molar-refractivity contribution in [1.29, 1.82) is 0 Å². The van der Waals surface area contributed by atoms with E-state index in [0.717, 1.165) is 11.6 Å². The van der Waals surface area contributed by atoms with Crippen LogP contribution in [0.25, 0.3) is 0 Å². The van der Waals surface area contributed by atoms with Crippen molar-refractivity contribution in [2.45, 2.75) is 38.3 Å². The van der Waals surface area contributed by atoms with Gasteiger partial charge in [0.25, 0.3) is 0 Å². The molecule has 3 N–H and O–H groups in total. The number of hydrogen-bond acceptors (Lipinski definition) is 2. The van der Waals surface area contributed by atoms with E-state index in [1.807, 2.05) is 25.1 Å². The summed E-state index contributed by atoms with van der Waals surface area (Å²) in [7, 11) is 0. The number of para-hydroxylation sites is 1. The van der Waals surface area contributed by atoms with Crippen molar-refractivity contribution in [3.05, 3.63) is 65.2 Å². The van der Waals surface area contributed by atoms with E-state index in [1.54, 1.807) is 12.1 Å². The summed E-state index contributed by atoms with van der Waals surface area (Å²) in [5, 5.41) is 2.82. The maximum atomic E-state index is 12.8. The highest BCUT2D eigenvalue weighted by Gasteiger charge is 2.30. The Balaban J connectivity index is 1.78. The van der Waals surface area contributed by atoms with Gasteiger partial charge in [-0.3, -0.25) is 4.79 Å². The van der Waals surface area contributed by atoms with Crippen molar-refractivity contribution in [2.75, 3.05) is 12.3 Å². The fraction of sp³-hybridized carbons (Fsp3) is 0.350. The molecule has 1 unspecified atom stereocenters. The highest BCUT2D eigenvalue weighted by atomic mass is 19.4. The van der Waals surface area contributed by atoms with Crippen molar-refractivity contribution in [3.63, 3.8) is 0 Å². The topological polar surface area (TPSA) is 55.1 Å². The van der Waals surface area contributed by atoms with Crippen molar-refractivity contribution in [1.82, 2.24) is 5.32 Å². The van der Waals surface area contributed by atoms with Gasteiger partial charge in [-0.05, 0) is 42.0 Å². The van der Waals surface area contributed by atoms with Gasteiger partial charge in [0.2, 0.25) is 5.91 Å². The predicted molar refractivity (Wildman–Crippen MR) is 96.7 cm³/mol. The quantitative estimate of drug-likeness (QED) is 0.709. The van der Waals surface area contributed by atoms with Crippen LogP contribution in [-0.4, -0.2) is 12.5 Å². The summed E-state index contributed by atoms with van der Waals surface area (Å²) >= 11 is 0. The fourth-order valence-corrected chi connectivity index (χ4v) is 2.71. The van der Waals surface area contributed by atoms with Crippen LogP contribution in [0.3, 0.4) is 0 Å². The number of aryl methyl sites for hydroxylation is 1. The number of nitrogens with two attached hydrogens (primary N) is 1. The van der Waals surface area contributed by atoms with Gasteiger partial charge in [0.05, 0.1) is 5.56 Å². The van der Waals surface area contributed by atoms with Crippen molar-refractivity contribution < 1.29 is 18.0 Å². The molecule has 0 aromatic heterocycles. The van der Waals surface area contributed by atoms with E-state index in [1.165, 1.54) is 12.1 Å². The zero-order valence-electron chi connectivity index (χ0n) is 14.6. The Labute approximate surface area is 151 Å². The molecule has 1 atom stereocenters. The van der Waals surface area contributed by atoms with Crippen LogP contribution in [-0.2, 0) is 17.4 Å².